The van der Waals surface area contributed by atoms with Crippen molar-refractivity contribution in [1.82, 2.24) is 4.90 Å². The van der Waals surface area contributed by atoms with Gasteiger partial charge in [0.2, 0.25) is 5.91 Å². The van der Waals surface area contributed by atoms with E-state index in [1.54, 1.807) is 0 Å². The van der Waals surface area contributed by atoms with Gasteiger partial charge < -0.3 is 4.90 Å². The number of amides is 1. The fourth-order valence-corrected chi connectivity index (χ4v) is 2.97. The maximum atomic E-state index is 12.4. The highest BCUT2D eigenvalue weighted by Crippen LogP contribution is 2.28. The number of hydrogen-bond acceptors (Lipinski definition) is 2. The Morgan fingerprint density at radius 1 is 1.11 bits per heavy atom. The predicted octanol–water partition coefficient (Wildman–Crippen LogP) is 2.05. The normalized spacial score (nSPS) is 23.0. The summed E-state index contributed by atoms with van der Waals surface area (Å²) >= 11 is 0. The zero-order chi connectivity index (χ0) is 12.5. The van der Waals surface area contributed by atoms with E-state index in [0.717, 1.165) is 37.1 Å². The molecule has 0 aromatic heterocycles. The Morgan fingerprint density at radius 3 is 2.56 bits per heavy atom. The van der Waals surface area contributed by atoms with Crippen LogP contribution < -0.4 is 0 Å². The summed E-state index contributed by atoms with van der Waals surface area (Å²) in [6.45, 7) is 1.64. The van der Waals surface area contributed by atoms with E-state index in [-0.39, 0.29) is 11.7 Å². The van der Waals surface area contributed by atoms with Gasteiger partial charge in [-0.05, 0) is 31.2 Å². The van der Waals surface area contributed by atoms with Gasteiger partial charge >= 0.3 is 0 Å². The minimum atomic E-state index is -0.458. The molecule has 3 nitrogen and oxygen atoms in total. The van der Waals surface area contributed by atoms with E-state index in [1.807, 2.05) is 29.2 Å². The van der Waals surface area contributed by atoms with Crippen LogP contribution in [0.1, 0.15) is 35.2 Å². The summed E-state index contributed by atoms with van der Waals surface area (Å²) in [5, 5.41) is 0. The molecule has 94 valence electrons. The zero-order valence-electron chi connectivity index (χ0n) is 10.4. The number of piperidine rings is 1. The number of likely N-dealkylation sites (tertiary alicyclic amines) is 1. The van der Waals surface area contributed by atoms with Crippen molar-refractivity contribution in [3.8, 4) is 0 Å². The van der Waals surface area contributed by atoms with Crippen molar-refractivity contribution in [2.75, 3.05) is 13.1 Å². The number of carbonyl (C=O) groups is 2. The van der Waals surface area contributed by atoms with E-state index >= 15 is 0 Å². The fraction of sp³-hybridized carbons (Fsp3) is 0.467. The first-order chi connectivity index (χ1) is 8.77. The maximum Gasteiger partial charge on any atom is 0.233 e. The van der Waals surface area contributed by atoms with E-state index in [0.29, 0.717) is 6.42 Å². The molecule has 18 heavy (non-hydrogen) atoms. The highest BCUT2D eigenvalue weighted by Gasteiger charge is 2.37. The summed E-state index contributed by atoms with van der Waals surface area (Å²) in [6, 6.07) is 7.59. The highest BCUT2D eigenvalue weighted by molar-refractivity contribution is 6.13. The molecule has 1 fully saturated rings. The summed E-state index contributed by atoms with van der Waals surface area (Å²) in [4.78, 5) is 26.5. The molecule has 1 amide bonds. The Balaban J connectivity index is 1.79. The summed E-state index contributed by atoms with van der Waals surface area (Å²) in [5.74, 6) is -0.405. The van der Waals surface area contributed by atoms with E-state index in [1.165, 1.54) is 6.42 Å². The van der Waals surface area contributed by atoms with Gasteiger partial charge in [0.1, 0.15) is 5.92 Å². The first kappa shape index (κ1) is 11.5. The van der Waals surface area contributed by atoms with Crippen molar-refractivity contribution in [2.45, 2.75) is 25.7 Å². The zero-order valence-corrected chi connectivity index (χ0v) is 10.4. The summed E-state index contributed by atoms with van der Waals surface area (Å²) < 4.78 is 0. The van der Waals surface area contributed by atoms with Crippen LogP contribution in [-0.2, 0) is 11.2 Å². The molecule has 1 aliphatic carbocycles. The molecule has 1 unspecified atom stereocenters. The van der Waals surface area contributed by atoms with Gasteiger partial charge in [0.25, 0.3) is 0 Å². The van der Waals surface area contributed by atoms with Gasteiger partial charge in [-0.3, -0.25) is 9.59 Å². The number of hydrogen-bond donors (Lipinski definition) is 0. The van der Waals surface area contributed by atoms with Crippen molar-refractivity contribution >= 4 is 11.7 Å². The Labute approximate surface area is 107 Å². The fourth-order valence-electron chi connectivity index (χ4n) is 2.97. The van der Waals surface area contributed by atoms with Crippen LogP contribution in [0.3, 0.4) is 0 Å². The van der Waals surface area contributed by atoms with E-state index in [4.69, 9.17) is 0 Å². The quantitative estimate of drug-likeness (QED) is 0.708. The molecule has 3 rings (SSSR count). The lowest BCUT2D eigenvalue weighted by Crippen LogP contribution is -2.41. The minimum absolute atomic E-state index is 0.0150. The molecule has 0 saturated carbocycles. The number of fused-ring (bicyclic) bond motifs is 1. The van der Waals surface area contributed by atoms with Gasteiger partial charge in [0, 0.05) is 18.7 Å². The molecule has 0 bridgehead atoms. The van der Waals surface area contributed by atoms with E-state index in [2.05, 4.69) is 0 Å². The first-order valence-electron chi connectivity index (χ1n) is 6.68. The molecule has 0 N–H and O–H groups in total. The molecular formula is C15H17NO2. The monoisotopic (exact) mass is 243 g/mol. The molecule has 1 atom stereocenters. The highest BCUT2D eigenvalue weighted by atomic mass is 16.2. The van der Waals surface area contributed by atoms with Crippen LogP contribution in [0.4, 0.5) is 0 Å². The first-order valence-corrected chi connectivity index (χ1v) is 6.68. The second-order valence-electron chi connectivity index (χ2n) is 5.16. The smallest absolute Gasteiger partial charge is 0.233 e. The third-order valence-corrected chi connectivity index (χ3v) is 3.99. The molecule has 1 aromatic rings. The average Bonchev–Trinajstić information content (AvgIpc) is 2.77. The second kappa shape index (κ2) is 4.56. The molecule has 1 aromatic carbocycles. The standard InChI is InChI=1S/C15H17NO2/c17-14-12-7-3-2-6-11(12)10-13(14)15(18)16-8-4-1-5-9-16/h2-3,6-7,13H,1,4-5,8-10H2. The number of nitrogens with zero attached hydrogens (tertiary/aromatic N) is 1. The van der Waals surface area contributed by atoms with Crippen LogP contribution in [0.2, 0.25) is 0 Å². The second-order valence-corrected chi connectivity index (χ2v) is 5.16. The molecule has 1 saturated heterocycles. The number of Topliss-reactive ketones (excluding diaryl/α,β-unsaturated/α-hetero) is 1. The van der Waals surface area contributed by atoms with Crippen LogP contribution in [0.25, 0.3) is 0 Å². The van der Waals surface area contributed by atoms with Gasteiger partial charge in [-0.25, -0.2) is 0 Å². The molecule has 3 heteroatoms. The number of rotatable bonds is 1. The Bertz CT molecular complexity index is 489. The molecular weight excluding hydrogens is 226 g/mol. The topological polar surface area (TPSA) is 37.4 Å². The summed E-state index contributed by atoms with van der Waals surface area (Å²) in [7, 11) is 0. The van der Waals surface area contributed by atoms with Crippen molar-refractivity contribution in [3.05, 3.63) is 35.4 Å². The lowest BCUT2D eigenvalue weighted by molar-refractivity contribution is -0.134. The van der Waals surface area contributed by atoms with Crippen molar-refractivity contribution in [3.63, 3.8) is 0 Å². The number of benzene rings is 1. The van der Waals surface area contributed by atoms with Gasteiger partial charge in [-0.2, -0.15) is 0 Å². The summed E-state index contributed by atoms with van der Waals surface area (Å²) in [5.41, 5.74) is 1.77. The average molecular weight is 243 g/mol. The van der Waals surface area contributed by atoms with E-state index in [9.17, 15) is 9.59 Å². The minimum Gasteiger partial charge on any atom is -0.342 e. The predicted molar refractivity (Wildman–Crippen MR) is 68.4 cm³/mol. The Kier molecular flexibility index (Phi) is 2.90. The SMILES string of the molecule is O=C1c2ccccc2CC1C(=O)N1CCCCC1. The molecule has 1 aliphatic heterocycles. The van der Waals surface area contributed by atoms with E-state index < -0.39 is 5.92 Å². The van der Waals surface area contributed by atoms with Crippen LogP contribution in [-0.4, -0.2) is 29.7 Å². The molecule has 1 heterocycles. The van der Waals surface area contributed by atoms with Crippen molar-refractivity contribution in [1.29, 1.82) is 0 Å². The lowest BCUT2D eigenvalue weighted by Gasteiger charge is -2.28. The lowest BCUT2D eigenvalue weighted by atomic mass is 10.0. The number of ketones is 1. The van der Waals surface area contributed by atoms with Crippen LogP contribution in [0.5, 0.6) is 0 Å². The Morgan fingerprint density at radius 2 is 1.83 bits per heavy atom. The van der Waals surface area contributed by atoms with Gasteiger partial charge in [0.15, 0.2) is 5.78 Å². The molecule has 0 radical (unpaired) electrons. The largest absolute Gasteiger partial charge is 0.342 e. The maximum absolute atomic E-state index is 12.4. The molecule has 2 aliphatic rings. The molecule has 0 spiro atoms. The van der Waals surface area contributed by atoms with Crippen LogP contribution >= 0.6 is 0 Å². The number of carbonyl (C=O) groups excluding carboxylic acids is 2. The van der Waals surface area contributed by atoms with Crippen molar-refractivity contribution in [2.24, 2.45) is 5.92 Å². The third kappa shape index (κ3) is 1.84. The van der Waals surface area contributed by atoms with Gasteiger partial charge in [-0.1, -0.05) is 24.3 Å². The van der Waals surface area contributed by atoms with Crippen molar-refractivity contribution < 1.29 is 9.59 Å². The van der Waals surface area contributed by atoms with Crippen LogP contribution in [0, 0.1) is 5.92 Å². The van der Waals surface area contributed by atoms with Gasteiger partial charge in [0.05, 0.1) is 0 Å². The third-order valence-electron chi connectivity index (χ3n) is 3.99. The Hall–Kier alpha value is -1.64. The van der Waals surface area contributed by atoms with Crippen LogP contribution in [0.15, 0.2) is 24.3 Å². The summed E-state index contributed by atoms with van der Waals surface area (Å²) in [6.07, 6.45) is 3.92. The van der Waals surface area contributed by atoms with Gasteiger partial charge in [-0.15, -0.1) is 0 Å².